The van der Waals surface area contributed by atoms with Gasteiger partial charge in [0.15, 0.2) is 15.8 Å². The Morgan fingerprint density at radius 1 is 1.52 bits per heavy atom. The Morgan fingerprint density at radius 3 is 2.78 bits per heavy atom. The molecule has 128 valence electrons. The van der Waals surface area contributed by atoms with Crippen molar-refractivity contribution in [1.82, 2.24) is 5.32 Å². The van der Waals surface area contributed by atoms with Crippen molar-refractivity contribution in [2.24, 2.45) is 10.7 Å². The first-order valence-electron chi connectivity index (χ1n) is 7.04. The van der Waals surface area contributed by atoms with Crippen molar-refractivity contribution in [3.8, 4) is 0 Å². The molecule has 23 heavy (non-hydrogen) atoms. The SMILES string of the molecule is CC(NC(N)=NCC1(O)CCS(=O)(=O)C1)c1ccc(Cl)cc1Cl. The molecule has 1 aliphatic heterocycles. The summed E-state index contributed by atoms with van der Waals surface area (Å²) in [6, 6.07) is 4.92. The number of aliphatic imine (C=N–C) groups is 1. The highest BCUT2D eigenvalue weighted by atomic mass is 35.5. The predicted molar refractivity (Wildman–Crippen MR) is 92.7 cm³/mol. The minimum Gasteiger partial charge on any atom is -0.387 e. The van der Waals surface area contributed by atoms with E-state index in [1.807, 2.05) is 6.92 Å². The largest absolute Gasteiger partial charge is 0.387 e. The first-order valence-corrected chi connectivity index (χ1v) is 9.62. The molecule has 6 nitrogen and oxygen atoms in total. The van der Waals surface area contributed by atoms with E-state index in [2.05, 4.69) is 10.3 Å². The molecular weight excluding hydrogens is 361 g/mol. The van der Waals surface area contributed by atoms with Crippen LogP contribution in [0.4, 0.5) is 0 Å². The molecule has 0 radical (unpaired) electrons. The van der Waals surface area contributed by atoms with Gasteiger partial charge in [-0.1, -0.05) is 29.3 Å². The van der Waals surface area contributed by atoms with Gasteiger partial charge in [-0.25, -0.2) is 8.42 Å². The van der Waals surface area contributed by atoms with Crippen LogP contribution in [0.3, 0.4) is 0 Å². The molecule has 2 unspecified atom stereocenters. The Morgan fingerprint density at radius 2 is 2.22 bits per heavy atom. The summed E-state index contributed by atoms with van der Waals surface area (Å²) in [6.45, 7) is 1.79. The van der Waals surface area contributed by atoms with Gasteiger partial charge in [0.1, 0.15) is 0 Å². The molecule has 0 amide bonds. The lowest BCUT2D eigenvalue weighted by molar-refractivity contribution is 0.0774. The Kier molecular flexibility index (Phi) is 5.45. The molecule has 1 aromatic rings. The molecule has 2 atom stereocenters. The molecule has 2 rings (SSSR count). The first kappa shape index (κ1) is 18.3. The third-order valence-corrected chi connectivity index (χ3v) is 6.07. The molecule has 0 saturated carbocycles. The summed E-state index contributed by atoms with van der Waals surface area (Å²) in [7, 11) is -3.19. The zero-order valence-corrected chi connectivity index (χ0v) is 14.9. The lowest BCUT2D eigenvalue weighted by atomic mass is 10.0. The number of hydrogen-bond donors (Lipinski definition) is 3. The number of rotatable bonds is 4. The van der Waals surface area contributed by atoms with E-state index in [1.54, 1.807) is 18.2 Å². The van der Waals surface area contributed by atoms with E-state index in [4.69, 9.17) is 28.9 Å². The second-order valence-corrected chi connectivity index (χ2v) is 8.83. The van der Waals surface area contributed by atoms with E-state index in [0.717, 1.165) is 5.56 Å². The Bertz CT molecular complexity index is 724. The van der Waals surface area contributed by atoms with Crippen molar-refractivity contribution in [3.05, 3.63) is 33.8 Å². The number of halogens is 2. The number of nitrogens with one attached hydrogen (secondary N) is 1. The van der Waals surface area contributed by atoms with Gasteiger partial charge in [0, 0.05) is 10.0 Å². The minimum atomic E-state index is -3.19. The van der Waals surface area contributed by atoms with E-state index in [1.165, 1.54) is 0 Å². The quantitative estimate of drug-likeness (QED) is 0.543. The van der Waals surface area contributed by atoms with Crippen LogP contribution in [0.1, 0.15) is 24.9 Å². The van der Waals surface area contributed by atoms with Crippen LogP contribution < -0.4 is 11.1 Å². The van der Waals surface area contributed by atoms with Crippen LogP contribution in [0.5, 0.6) is 0 Å². The van der Waals surface area contributed by atoms with E-state index in [0.29, 0.717) is 10.0 Å². The molecule has 0 bridgehead atoms. The minimum absolute atomic E-state index is 0.0247. The molecule has 0 aromatic heterocycles. The lowest BCUT2D eigenvalue weighted by Gasteiger charge is -2.20. The monoisotopic (exact) mass is 379 g/mol. The summed E-state index contributed by atoms with van der Waals surface area (Å²) in [6.07, 6.45) is 0.171. The molecule has 1 heterocycles. The summed E-state index contributed by atoms with van der Waals surface area (Å²) in [5.74, 6) is -0.195. The van der Waals surface area contributed by atoms with Crippen LogP contribution in [-0.2, 0) is 9.84 Å². The highest BCUT2D eigenvalue weighted by Crippen LogP contribution is 2.26. The molecule has 0 spiro atoms. The standard InChI is InChI=1S/C14H19Cl2N3O3S/c1-9(11-3-2-10(15)6-12(11)16)19-13(17)18-7-14(20)4-5-23(21,22)8-14/h2-3,6,9,20H,4-5,7-8H2,1H3,(H3,17,18,19). The number of hydrogen-bond acceptors (Lipinski definition) is 4. The number of aliphatic hydroxyl groups is 1. The van der Waals surface area contributed by atoms with Crippen molar-refractivity contribution < 1.29 is 13.5 Å². The highest BCUT2D eigenvalue weighted by Gasteiger charge is 2.40. The van der Waals surface area contributed by atoms with Gasteiger partial charge >= 0.3 is 0 Å². The van der Waals surface area contributed by atoms with Crippen LogP contribution in [0.2, 0.25) is 10.0 Å². The van der Waals surface area contributed by atoms with Gasteiger partial charge in [-0.15, -0.1) is 0 Å². The van der Waals surface area contributed by atoms with E-state index in [-0.39, 0.29) is 36.5 Å². The van der Waals surface area contributed by atoms with E-state index >= 15 is 0 Å². The maximum atomic E-state index is 11.4. The molecule has 9 heteroatoms. The molecule has 1 saturated heterocycles. The molecule has 1 fully saturated rings. The Labute approximate surface area is 145 Å². The average molecular weight is 380 g/mol. The van der Waals surface area contributed by atoms with Gasteiger partial charge in [0.25, 0.3) is 0 Å². The summed E-state index contributed by atoms with van der Waals surface area (Å²) in [5.41, 5.74) is 5.27. The summed E-state index contributed by atoms with van der Waals surface area (Å²) in [4.78, 5) is 4.06. The topological polar surface area (TPSA) is 105 Å². The maximum absolute atomic E-state index is 11.4. The fourth-order valence-electron chi connectivity index (χ4n) is 2.45. The van der Waals surface area contributed by atoms with Crippen LogP contribution in [0, 0.1) is 0 Å². The van der Waals surface area contributed by atoms with Gasteiger partial charge in [0.05, 0.1) is 29.7 Å². The third-order valence-electron chi connectivity index (χ3n) is 3.70. The number of benzene rings is 1. The van der Waals surface area contributed by atoms with Crippen LogP contribution in [0.15, 0.2) is 23.2 Å². The van der Waals surface area contributed by atoms with E-state index < -0.39 is 15.4 Å². The highest BCUT2D eigenvalue weighted by molar-refractivity contribution is 7.91. The van der Waals surface area contributed by atoms with Gasteiger partial charge in [0.2, 0.25) is 0 Å². The zero-order chi connectivity index (χ0) is 17.3. The molecule has 1 aliphatic rings. The van der Waals surface area contributed by atoms with Crippen LogP contribution in [0.25, 0.3) is 0 Å². The number of guanidine groups is 1. The van der Waals surface area contributed by atoms with Crippen molar-refractivity contribution in [2.45, 2.75) is 25.0 Å². The van der Waals surface area contributed by atoms with Crippen molar-refractivity contribution in [3.63, 3.8) is 0 Å². The third kappa shape index (κ3) is 4.97. The van der Waals surface area contributed by atoms with Gasteiger partial charge in [-0.3, -0.25) is 4.99 Å². The van der Waals surface area contributed by atoms with Crippen molar-refractivity contribution >= 4 is 39.0 Å². The second-order valence-electron chi connectivity index (χ2n) is 5.80. The smallest absolute Gasteiger partial charge is 0.189 e. The van der Waals surface area contributed by atoms with Crippen LogP contribution >= 0.6 is 23.2 Å². The predicted octanol–water partition coefficient (Wildman–Crippen LogP) is 1.51. The van der Waals surface area contributed by atoms with Crippen molar-refractivity contribution in [1.29, 1.82) is 0 Å². The molecule has 4 N–H and O–H groups in total. The van der Waals surface area contributed by atoms with Gasteiger partial charge < -0.3 is 16.2 Å². The number of sulfone groups is 1. The zero-order valence-electron chi connectivity index (χ0n) is 12.6. The fourth-order valence-corrected chi connectivity index (χ4v) is 4.92. The maximum Gasteiger partial charge on any atom is 0.189 e. The molecule has 0 aliphatic carbocycles. The Hall–Kier alpha value is -1.02. The number of nitrogens with zero attached hydrogens (tertiary/aromatic N) is 1. The summed E-state index contributed by atoms with van der Waals surface area (Å²) in [5, 5.41) is 14.2. The van der Waals surface area contributed by atoms with Crippen LogP contribution in [-0.4, -0.2) is 43.1 Å². The Balaban J connectivity index is 1.99. The number of nitrogens with two attached hydrogens (primary N) is 1. The first-order chi connectivity index (χ1) is 10.6. The van der Waals surface area contributed by atoms with E-state index in [9.17, 15) is 13.5 Å². The molecular formula is C14H19Cl2N3O3S. The van der Waals surface area contributed by atoms with Gasteiger partial charge in [-0.2, -0.15) is 0 Å². The lowest BCUT2D eigenvalue weighted by Crippen LogP contribution is -2.38. The fraction of sp³-hybridized carbons (Fsp3) is 0.500. The van der Waals surface area contributed by atoms with Crippen molar-refractivity contribution in [2.75, 3.05) is 18.1 Å². The average Bonchev–Trinajstić information content (AvgIpc) is 2.71. The molecule has 1 aromatic carbocycles. The second kappa shape index (κ2) is 6.84. The summed E-state index contributed by atoms with van der Waals surface area (Å²) >= 11 is 12.0. The summed E-state index contributed by atoms with van der Waals surface area (Å²) < 4.78 is 22.9. The van der Waals surface area contributed by atoms with Gasteiger partial charge in [-0.05, 0) is 31.0 Å². The normalized spacial score (nSPS) is 25.3.